The standard InChI is InChI=1S/C26H24ClN3O5/c1-2-34-21-11-15(3-10-20(21)35-14-22(31)29-19-8-6-18(27)7-9-19)13-28-30-25(32)23-16-4-5-17(12-16)24(23)26(30)33/h3-11,13,16-17,23-24H,2,12,14H2,1H3,(H,29,31)/t16-,17-,23-,24+/m0/s1. The van der Waals surface area contributed by atoms with Crippen LogP contribution < -0.4 is 14.8 Å². The predicted octanol–water partition coefficient (Wildman–Crippen LogP) is 3.90. The fraction of sp³-hybridized carbons (Fsp3) is 0.308. The zero-order valence-corrected chi connectivity index (χ0v) is 19.8. The van der Waals surface area contributed by atoms with Gasteiger partial charge in [-0.25, -0.2) is 0 Å². The van der Waals surface area contributed by atoms with E-state index in [1.165, 1.54) is 6.21 Å². The Morgan fingerprint density at radius 1 is 1.06 bits per heavy atom. The highest BCUT2D eigenvalue weighted by Crippen LogP contribution is 2.52. The molecule has 1 saturated heterocycles. The molecule has 5 rings (SSSR count). The van der Waals surface area contributed by atoms with Crippen molar-refractivity contribution in [2.75, 3.05) is 18.5 Å². The molecule has 2 fully saturated rings. The molecule has 2 aliphatic carbocycles. The second kappa shape index (κ2) is 9.54. The maximum atomic E-state index is 12.8. The van der Waals surface area contributed by atoms with E-state index in [0.29, 0.717) is 34.4 Å². The van der Waals surface area contributed by atoms with E-state index in [1.807, 2.05) is 19.1 Å². The molecule has 2 aromatic rings. The number of carbonyl (C=O) groups is 3. The number of ether oxygens (including phenoxy) is 2. The van der Waals surface area contributed by atoms with Gasteiger partial charge in [-0.3, -0.25) is 14.4 Å². The third kappa shape index (κ3) is 4.53. The summed E-state index contributed by atoms with van der Waals surface area (Å²) < 4.78 is 11.3. The van der Waals surface area contributed by atoms with Crippen LogP contribution in [0.15, 0.2) is 59.7 Å². The highest BCUT2D eigenvalue weighted by Gasteiger charge is 2.59. The van der Waals surface area contributed by atoms with Crippen LogP contribution >= 0.6 is 11.6 Å². The number of halogens is 1. The van der Waals surface area contributed by atoms with Gasteiger partial charge in [0.15, 0.2) is 18.1 Å². The van der Waals surface area contributed by atoms with Crippen LogP contribution in [0.5, 0.6) is 11.5 Å². The first-order chi connectivity index (χ1) is 16.9. The fourth-order valence-corrected chi connectivity index (χ4v) is 5.12. The molecule has 3 amide bonds. The van der Waals surface area contributed by atoms with Gasteiger partial charge < -0.3 is 14.8 Å². The van der Waals surface area contributed by atoms with Crippen molar-refractivity contribution in [1.29, 1.82) is 0 Å². The molecule has 1 heterocycles. The van der Waals surface area contributed by atoms with Crippen LogP contribution in [-0.4, -0.2) is 42.2 Å². The van der Waals surface area contributed by atoms with Crippen LogP contribution in [0.1, 0.15) is 18.9 Å². The van der Waals surface area contributed by atoms with Gasteiger partial charge in [0.2, 0.25) is 0 Å². The molecule has 1 aliphatic heterocycles. The van der Waals surface area contributed by atoms with Gasteiger partial charge in [0.25, 0.3) is 17.7 Å². The Labute approximate surface area is 207 Å². The third-order valence-electron chi connectivity index (χ3n) is 6.52. The number of imide groups is 1. The highest BCUT2D eigenvalue weighted by atomic mass is 35.5. The zero-order chi connectivity index (χ0) is 24.5. The van der Waals surface area contributed by atoms with Crippen LogP contribution in [0.3, 0.4) is 0 Å². The summed E-state index contributed by atoms with van der Waals surface area (Å²) in [6.07, 6.45) is 6.44. The van der Waals surface area contributed by atoms with Gasteiger partial charge in [-0.15, -0.1) is 0 Å². The van der Waals surface area contributed by atoms with E-state index in [-0.39, 0.29) is 48.0 Å². The number of hydrazone groups is 1. The number of hydrogen-bond donors (Lipinski definition) is 1. The van der Waals surface area contributed by atoms with Gasteiger partial charge in [-0.05, 0) is 73.2 Å². The smallest absolute Gasteiger partial charge is 0.262 e. The first-order valence-corrected chi connectivity index (χ1v) is 11.9. The number of allylic oxidation sites excluding steroid dienone is 2. The maximum Gasteiger partial charge on any atom is 0.262 e. The van der Waals surface area contributed by atoms with Gasteiger partial charge in [-0.2, -0.15) is 10.1 Å². The number of anilines is 1. The first-order valence-electron chi connectivity index (χ1n) is 11.5. The second-order valence-corrected chi connectivity index (χ2v) is 9.15. The van der Waals surface area contributed by atoms with E-state index in [9.17, 15) is 14.4 Å². The van der Waals surface area contributed by atoms with Crippen molar-refractivity contribution in [2.24, 2.45) is 28.8 Å². The maximum absolute atomic E-state index is 12.8. The van der Waals surface area contributed by atoms with Crippen molar-refractivity contribution in [3.8, 4) is 11.5 Å². The van der Waals surface area contributed by atoms with Gasteiger partial charge in [0.1, 0.15) is 0 Å². The summed E-state index contributed by atoms with van der Waals surface area (Å²) in [5.41, 5.74) is 1.24. The summed E-state index contributed by atoms with van der Waals surface area (Å²) in [5.74, 6) is -0.282. The van der Waals surface area contributed by atoms with Gasteiger partial charge in [-0.1, -0.05) is 23.8 Å². The minimum absolute atomic E-state index is 0.138. The Morgan fingerprint density at radius 3 is 2.40 bits per heavy atom. The number of nitrogens with zero attached hydrogens (tertiary/aromatic N) is 2. The Morgan fingerprint density at radius 2 is 1.74 bits per heavy atom. The lowest BCUT2D eigenvalue weighted by molar-refractivity contribution is -0.140. The summed E-state index contributed by atoms with van der Waals surface area (Å²) in [5, 5.41) is 8.52. The molecule has 2 bridgehead atoms. The van der Waals surface area contributed by atoms with Crippen LogP contribution in [-0.2, 0) is 14.4 Å². The zero-order valence-electron chi connectivity index (χ0n) is 19.0. The topological polar surface area (TPSA) is 97.3 Å². The molecule has 8 nitrogen and oxygen atoms in total. The van der Waals surface area contributed by atoms with E-state index in [4.69, 9.17) is 21.1 Å². The van der Waals surface area contributed by atoms with Crippen molar-refractivity contribution in [3.05, 3.63) is 65.2 Å². The largest absolute Gasteiger partial charge is 0.490 e. The number of hydrogen-bond acceptors (Lipinski definition) is 6. The van der Waals surface area contributed by atoms with Crippen LogP contribution in [0.2, 0.25) is 5.02 Å². The molecule has 4 atom stereocenters. The monoisotopic (exact) mass is 493 g/mol. The van der Waals surface area contributed by atoms with Crippen LogP contribution in [0.4, 0.5) is 5.69 Å². The minimum Gasteiger partial charge on any atom is -0.490 e. The van der Waals surface area contributed by atoms with Crippen LogP contribution in [0.25, 0.3) is 0 Å². The molecule has 2 aromatic carbocycles. The lowest BCUT2D eigenvalue weighted by Crippen LogP contribution is -2.28. The Balaban J connectivity index is 1.24. The van der Waals surface area contributed by atoms with Crippen LogP contribution in [0, 0.1) is 23.7 Å². The highest BCUT2D eigenvalue weighted by molar-refractivity contribution is 6.30. The SMILES string of the molecule is CCOc1cc(C=NN2C(=O)[C@@H]3[C@H](C2=O)[C@H]2C=C[C@H]3C2)ccc1OCC(=O)Nc1ccc(Cl)cc1. The lowest BCUT2D eigenvalue weighted by Gasteiger charge is -2.13. The molecular weight excluding hydrogens is 470 g/mol. The third-order valence-corrected chi connectivity index (χ3v) is 6.78. The summed E-state index contributed by atoms with van der Waals surface area (Å²) >= 11 is 5.86. The van der Waals surface area contributed by atoms with E-state index in [1.54, 1.807) is 42.5 Å². The van der Waals surface area contributed by atoms with Gasteiger partial charge in [0, 0.05) is 10.7 Å². The lowest BCUT2D eigenvalue weighted by atomic mass is 9.85. The van der Waals surface area contributed by atoms with E-state index >= 15 is 0 Å². The van der Waals surface area contributed by atoms with Crippen molar-refractivity contribution in [1.82, 2.24) is 5.01 Å². The summed E-state index contributed by atoms with van der Waals surface area (Å²) in [6.45, 7) is 2.00. The molecular formula is C26H24ClN3O5. The van der Waals surface area contributed by atoms with Crippen molar-refractivity contribution in [2.45, 2.75) is 13.3 Å². The Bertz CT molecular complexity index is 1200. The van der Waals surface area contributed by atoms with Crippen molar-refractivity contribution < 1.29 is 23.9 Å². The molecule has 1 saturated carbocycles. The molecule has 180 valence electrons. The molecule has 0 radical (unpaired) electrons. The second-order valence-electron chi connectivity index (χ2n) is 8.72. The average molecular weight is 494 g/mol. The number of rotatable bonds is 8. The van der Waals surface area contributed by atoms with Crippen molar-refractivity contribution in [3.63, 3.8) is 0 Å². The normalized spacial score (nSPS) is 24.3. The minimum atomic E-state index is -0.333. The van der Waals surface area contributed by atoms with Crippen molar-refractivity contribution >= 4 is 41.2 Å². The van der Waals surface area contributed by atoms with Gasteiger partial charge >= 0.3 is 0 Å². The molecule has 0 spiro atoms. The summed E-state index contributed by atoms with van der Waals surface area (Å²) in [7, 11) is 0. The molecule has 3 aliphatic rings. The number of carbonyl (C=O) groups excluding carboxylic acids is 3. The number of nitrogens with one attached hydrogen (secondary N) is 1. The summed E-state index contributed by atoms with van der Waals surface area (Å²) in [4.78, 5) is 37.8. The Kier molecular flexibility index (Phi) is 6.30. The van der Waals surface area contributed by atoms with E-state index in [0.717, 1.165) is 11.4 Å². The molecule has 1 N–H and O–H groups in total. The number of fused-ring (bicyclic) bond motifs is 5. The predicted molar refractivity (Wildman–Crippen MR) is 130 cm³/mol. The fourth-order valence-electron chi connectivity index (χ4n) is 4.99. The Hall–Kier alpha value is -3.65. The van der Waals surface area contributed by atoms with Gasteiger partial charge in [0.05, 0.1) is 24.7 Å². The number of benzene rings is 2. The van der Waals surface area contributed by atoms with E-state index in [2.05, 4.69) is 10.4 Å². The average Bonchev–Trinajstić information content (AvgIpc) is 3.53. The number of amides is 3. The molecule has 0 unspecified atom stereocenters. The quantitative estimate of drug-likeness (QED) is 0.342. The first kappa shape index (κ1) is 23.1. The van der Waals surface area contributed by atoms with E-state index < -0.39 is 0 Å². The molecule has 9 heteroatoms. The molecule has 35 heavy (non-hydrogen) atoms. The molecule has 0 aromatic heterocycles. The summed E-state index contributed by atoms with van der Waals surface area (Å²) in [6, 6.07) is 11.8.